The van der Waals surface area contributed by atoms with Crippen LogP contribution < -0.4 is 5.73 Å². The fourth-order valence-electron chi connectivity index (χ4n) is 1.33. The number of carbonyl (C=O) groups is 1. The molecule has 2 aromatic rings. The van der Waals surface area contributed by atoms with Gasteiger partial charge >= 0.3 is 5.97 Å². The van der Waals surface area contributed by atoms with Crippen molar-refractivity contribution in [2.24, 2.45) is 0 Å². The highest BCUT2D eigenvalue weighted by atomic mass is 32.1. The molecule has 0 spiro atoms. The molecule has 0 unspecified atom stereocenters. The summed E-state index contributed by atoms with van der Waals surface area (Å²) in [5, 5.41) is 4.41. The maximum Gasteiger partial charge on any atom is 0.360 e. The normalized spacial score (nSPS) is 10.4. The predicted molar refractivity (Wildman–Crippen MR) is 57.5 cm³/mol. The van der Waals surface area contributed by atoms with Crippen LogP contribution in [0.5, 0.6) is 0 Å². The molecule has 84 valence electrons. The lowest BCUT2D eigenvalue weighted by atomic mass is 10.4. The van der Waals surface area contributed by atoms with E-state index in [4.69, 9.17) is 5.73 Å². The molecule has 2 rings (SSSR count). The van der Waals surface area contributed by atoms with E-state index in [0.717, 1.165) is 0 Å². The molecule has 2 aromatic heterocycles. The van der Waals surface area contributed by atoms with Gasteiger partial charge in [-0.3, -0.25) is 4.57 Å². The lowest BCUT2D eigenvalue weighted by Crippen LogP contribution is -2.07. The average Bonchev–Trinajstić information content (AvgIpc) is 2.86. The lowest BCUT2D eigenvalue weighted by Gasteiger charge is -2.01. The Morgan fingerprint density at radius 3 is 2.94 bits per heavy atom. The minimum atomic E-state index is -0.558. The molecule has 2 heterocycles. The molecule has 0 aliphatic heterocycles. The monoisotopic (exact) mass is 239 g/mol. The molecule has 0 aliphatic rings. The number of nitrogens with zero attached hydrogens (tertiary/aromatic N) is 4. The topological polar surface area (TPSA) is 95.9 Å². The number of imidazole rings is 1. The molecule has 0 aliphatic carbocycles. The predicted octanol–water partition coefficient (Wildman–Crippen LogP) is 0.401. The van der Waals surface area contributed by atoms with Crippen LogP contribution >= 0.6 is 11.5 Å². The van der Waals surface area contributed by atoms with Crippen LogP contribution in [0.2, 0.25) is 0 Å². The molecule has 0 amide bonds. The van der Waals surface area contributed by atoms with Crippen molar-refractivity contribution in [3.05, 3.63) is 17.7 Å². The number of hydrogen-bond donors (Lipinski definition) is 1. The third-order valence-electron chi connectivity index (χ3n) is 2.03. The number of carbonyl (C=O) groups excluding carboxylic acids is 1. The zero-order valence-electron chi connectivity index (χ0n) is 8.67. The highest BCUT2D eigenvalue weighted by Gasteiger charge is 2.20. The summed E-state index contributed by atoms with van der Waals surface area (Å²) in [7, 11) is 1.28. The number of aromatic nitrogens is 4. The summed E-state index contributed by atoms with van der Waals surface area (Å²) in [6, 6.07) is 0. The minimum absolute atomic E-state index is 0.105. The number of anilines is 1. The van der Waals surface area contributed by atoms with E-state index in [1.807, 2.05) is 0 Å². The van der Waals surface area contributed by atoms with Crippen molar-refractivity contribution in [2.75, 3.05) is 12.8 Å². The van der Waals surface area contributed by atoms with Crippen molar-refractivity contribution >= 4 is 23.3 Å². The van der Waals surface area contributed by atoms with Crippen molar-refractivity contribution in [2.45, 2.75) is 6.92 Å². The van der Waals surface area contributed by atoms with Crippen molar-refractivity contribution in [1.82, 2.24) is 19.1 Å². The van der Waals surface area contributed by atoms with Gasteiger partial charge in [-0.2, -0.15) is 0 Å². The molecule has 0 saturated carbocycles. The molecular weight excluding hydrogens is 230 g/mol. The summed E-state index contributed by atoms with van der Waals surface area (Å²) in [6.45, 7) is 1.74. The Morgan fingerprint density at radius 2 is 2.38 bits per heavy atom. The molecule has 0 fully saturated rings. The van der Waals surface area contributed by atoms with Gasteiger partial charge in [-0.15, -0.1) is 5.10 Å². The maximum absolute atomic E-state index is 11.4. The van der Waals surface area contributed by atoms with Gasteiger partial charge in [-0.25, -0.2) is 9.78 Å². The number of hydrogen-bond acceptors (Lipinski definition) is 7. The van der Waals surface area contributed by atoms with E-state index in [2.05, 4.69) is 19.3 Å². The standard InChI is InChI=1S/C8H9N5O2S/c1-4-11-6(8(14)15-2)7(9)13(4)5-3-10-12-16-5/h3H,9H2,1-2H3. The number of methoxy groups -OCH3 is 1. The Bertz CT molecular complexity index is 519. The first-order valence-corrected chi connectivity index (χ1v) is 5.13. The molecule has 0 saturated heterocycles. The molecule has 0 aromatic carbocycles. The Kier molecular flexibility index (Phi) is 2.57. The first-order valence-electron chi connectivity index (χ1n) is 4.36. The van der Waals surface area contributed by atoms with Gasteiger partial charge in [0, 0.05) is 11.5 Å². The summed E-state index contributed by atoms with van der Waals surface area (Å²) >= 11 is 1.17. The SMILES string of the molecule is COC(=O)c1nc(C)n(-c2cnns2)c1N. The number of esters is 1. The van der Waals surface area contributed by atoms with E-state index in [1.54, 1.807) is 17.7 Å². The van der Waals surface area contributed by atoms with E-state index < -0.39 is 5.97 Å². The summed E-state index contributed by atoms with van der Waals surface area (Å²) < 4.78 is 9.91. The van der Waals surface area contributed by atoms with Crippen LogP contribution in [-0.2, 0) is 4.74 Å². The molecule has 0 bridgehead atoms. The van der Waals surface area contributed by atoms with Crippen LogP contribution in [0.1, 0.15) is 16.3 Å². The maximum atomic E-state index is 11.4. The van der Waals surface area contributed by atoms with Gasteiger partial charge in [0.15, 0.2) is 5.69 Å². The van der Waals surface area contributed by atoms with Crippen LogP contribution in [0.15, 0.2) is 6.20 Å². The Balaban J connectivity index is 2.56. The van der Waals surface area contributed by atoms with E-state index in [-0.39, 0.29) is 11.5 Å². The number of ether oxygens (including phenoxy) is 1. The molecule has 16 heavy (non-hydrogen) atoms. The smallest absolute Gasteiger partial charge is 0.360 e. The average molecular weight is 239 g/mol. The van der Waals surface area contributed by atoms with Gasteiger partial charge in [0.1, 0.15) is 16.6 Å². The van der Waals surface area contributed by atoms with Gasteiger partial charge < -0.3 is 10.5 Å². The van der Waals surface area contributed by atoms with Gasteiger partial charge in [0.2, 0.25) is 0 Å². The summed E-state index contributed by atoms with van der Waals surface area (Å²) in [5.74, 6) is 0.260. The zero-order chi connectivity index (χ0) is 11.7. The minimum Gasteiger partial charge on any atom is -0.464 e. The van der Waals surface area contributed by atoms with Crippen LogP contribution in [0.3, 0.4) is 0 Å². The summed E-state index contributed by atoms with van der Waals surface area (Å²) in [4.78, 5) is 15.4. The lowest BCUT2D eigenvalue weighted by molar-refractivity contribution is 0.0596. The van der Waals surface area contributed by atoms with Crippen molar-refractivity contribution in [3.8, 4) is 5.00 Å². The van der Waals surface area contributed by atoms with E-state index >= 15 is 0 Å². The second kappa shape index (κ2) is 3.89. The second-order valence-electron chi connectivity index (χ2n) is 2.98. The highest BCUT2D eigenvalue weighted by Crippen LogP contribution is 2.22. The molecule has 7 nitrogen and oxygen atoms in total. The van der Waals surface area contributed by atoms with Gasteiger partial charge in [0.25, 0.3) is 0 Å². The van der Waals surface area contributed by atoms with Crippen LogP contribution in [-0.4, -0.2) is 32.2 Å². The van der Waals surface area contributed by atoms with Crippen molar-refractivity contribution in [3.63, 3.8) is 0 Å². The third kappa shape index (κ3) is 1.52. The highest BCUT2D eigenvalue weighted by molar-refractivity contribution is 7.08. The quantitative estimate of drug-likeness (QED) is 0.762. The second-order valence-corrected chi connectivity index (χ2v) is 3.74. The van der Waals surface area contributed by atoms with Gasteiger partial charge in [0.05, 0.1) is 13.3 Å². The van der Waals surface area contributed by atoms with Crippen LogP contribution in [0.25, 0.3) is 5.00 Å². The van der Waals surface area contributed by atoms with Crippen LogP contribution in [0.4, 0.5) is 5.82 Å². The first kappa shape index (κ1) is 10.6. The molecule has 8 heteroatoms. The third-order valence-corrected chi connectivity index (χ3v) is 2.68. The molecule has 2 N–H and O–H groups in total. The molecule has 0 radical (unpaired) electrons. The summed E-state index contributed by atoms with van der Waals surface area (Å²) in [5.41, 5.74) is 5.93. The van der Waals surface area contributed by atoms with Crippen molar-refractivity contribution < 1.29 is 9.53 Å². The Morgan fingerprint density at radius 1 is 1.62 bits per heavy atom. The first-order chi connectivity index (χ1) is 7.65. The Hall–Kier alpha value is -1.96. The summed E-state index contributed by atoms with van der Waals surface area (Å²) in [6.07, 6.45) is 1.55. The van der Waals surface area contributed by atoms with E-state index in [1.165, 1.54) is 18.6 Å². The van der Waals surface area contributed by atoms with E-state index in [0.29, 0.717) is 10.8 Å². The Labute approximate surface area is 95.0 Å². The van der Waals surface area contributed by atoms with Gasteiger partial charge in [-0.05, 0) is 6.92 Å². The number of aryl methyl sites for hydroxylation is 1. The number of nitrogen functional groups attached to an aromatic ring is 1. The number of nitrogens with two attached hydrogens (primary N) is 1. The zero-order valence-corrected chi connectivity index (χ0v) is 9.48. The fourth-order valence-corrected chi connectivity index (χ4v) is 1.92. The number of rotatable bonds is 2. The fraction of sp³-hybridized carbons (Fsp3) is 0.250. The molecular formula is C8H9N5O2S. The van der Waals surface area contributed by atoms with Gasteiger partial charge in [-0.1, -0.05) is 4.49 Å². The van der Waals surface area contributed by atoms with E-state index in [9.17, 15) is 4.79 Å². The molecule has 0 atom stereocenters. The van der Waals surface area contributed by atoms with Crippen LogP contribution in [0, 0.1) is 6.92 Å². The largest absolute Gasteiger partial charge is 0.464 e. The van der Waals surface area contributed by atoms with Crippen molar-refractivity contribution in [1.29, 1.82) is 0 Å².